The van der Waals surface area contributed by atoms with Gasteiger partial charge in [-0.2, -0.15) is 4.98 Å². The average Bonchev–Trinajstić information content (AvgIpc) is 2.79. The highest BCUT2D eigenvalue weighted by molar-refractivity contribution is 5.96. The molecular weight excluding hydrogens is 444 g/mol. The maximum absolute atomic E-state index is 12.4. The molecule has 0 radical (unpaired) electrons. The topological polar surface area (TPSA) is 202 Å². The molecule has 34 heavy (non-hydrogen) atoms. The molecule has 1 aliphatic heterocycles. The Kier molecular flexibility index (Phi) is 7.61. The van der Waals surface area contributed by atoms with Crippen LogP contribution in [0.4, 0.5) is 17.5 Å². The normalized spacial score (nSPS) is 15.8. The van der Waals surface area contributed by atoms with Crippen molar-refractivity contribution < 1.29 is 29.4 Å². The molecule has 0 aliphatic carbocycles. The van der Waals surface area contributed by atoms with Crippen LogP contribution in [0, 0.1) is 0 Å². The van der Waals surface area contributed by atoms with Gasteiger partial charge >= 0.3 is 11.9 Å². The van der Waals surface area contributed by atoms with Crippen molar-refractivity contribution in [2.75, 3.05) is 16.4 Å². The van der Waals surface area contributed by atoms with Crippen LogP contribution in [0.15, 0.2) is 24.3 Å². The van der Waals surface area contributed by atoms with E-state index in [2.05, 4.69) is 15.3 Å². The minimum atomic E-state index is -1.30. The Hall–Kier alpha value is -4.22. The molecule has 0 saturated carbocycles. The zero-order valence-corrected chi connectivity index (χ0v) is 18.3. The van der Waals surface area contributed by atoms with Crippen LogP contribution < -0.4 is 21.7 Å². The van der Waals surface area contributed by atoms with Crippen molar-refractivity contribution in [3.63, 3.8) is 0 Å². The molecule has 1 aliphatic rings. The lowest BCUT2D eigenvalue weighted by atomic mass is 9.94. The van der Waals surface area contributed by atoms with Crippen molar-refractivity contribution in [2.24, 2.45) is 0 Å². The average molecular weight is 470 g/mol. The fraction of sp³-hybridized carbons (Fsp3) is 0.364. The van der Waals surface area contributed by atoms with E-state index in [-0.39, 0.29) is 36.2 Å². The summed E-state index contributed by atoms with van der Waals surface area (Å²) >= 11 is 0. The lowest BCUT2D eigenvalue weighted by Gasteiger charge is -2.34. The van der Waals surface area contributed by atoms with Crippen molar-refractivity contribution in [2.45, 2.75) is 50.6 Å². The molecule has 180 valence electrons. The number of nitrogens with zero attached hydrogens (tertiary/aromatic N) is 3. The number of nitrogens with one attached hydrogen (secondary N) is 1. The molecule has 0 fully saturated rings. The molecule has 1 unspecified atom stereocenters. The second kappa shape index (κ2) is 10.6. The molecule has 12 nitrogen and oxygen atoms in total. The maximum Gasteiger partial charge on any atom is 0.326 e. The summed E-state index contributed by atoms with van der Waals surface area (Å²) in [5.74, 6) is -2.80. The SMILES string of the molecule is Nc1nc(N)c2c(n1)CCC(CCc1ccc(C(=O)N[C@@H](CCC(=O)O)C(=O)O)cc1)N2C=O. The van der Waals surface area contributed by atoms with Crippen molar-refractivity contribution >= 4 is 41.7 Å². The van der Waals surface area contributed by atoms with E-state index in [1.807, 2.05) is 0 Å². The molecule has 0 bridgehead atoms. The molecule has 2 heterocycles. The first-order valence-corrected chi connectivity index (χ1v) is 10.7. The summed E-state index contributed by atoms with van der Waals surface area (Å²) in [4.78, 5) is 55.8. The van der Waals surface area contributed by atoms with Gasteiger partial charge in [-0.25, -0.2) is 9.78 Å². The first kappa shape index (κ1) is 24.4. The number of hydrogen-bond donors (Lipinski definition) is 5. The summed E-state index contributed by atoms with van der Waals surface area (Å²) in [7, 11) is 0. The Balaban J connectivity index is 1.61. The molecule has 3 rings (SSSR count). The van der Waals surface area contributed by atoms with E-state index in [1.54, 1.807) is 29.2 Å². The second-order valence-electron chi connectivity index (χ2n) is 8.00. The van der Waals surface area contributed by atoms with Gasteiger partial charge in [-0.15, -0.1) is 0 Å². The number of anilines is 3. The number of nitrogen functional groups attached to an aromatic ring is 2. The minimum Gasteiger partial charge on any atom is -0.481 e. The summed E-state index contributed by atoms with van der Waals surface area (Å²) in [6.45, 7) is 0. The summed E-state index contributed by atoms with van der Waals surface area (Å²) in [6, 6.07) is 5.25. The van der Waals surface area contributed by atoms with Crippen LogP contribution >= 0.6 is 0 Å². The van der Waals surface area contributed by atoms with Gasteiger partial charge in [0.15, 0.2) is 5.82 Å². The van der Waals surface area contributed by atoms with E-state index in [1.165, 1.54) is 0 Å². The van der Waals surface area contributed by atoms with Gasteiger partial charge in [0.05, 0.1) is 5.69 Å². The molecule has 7 N–H and O–H groups in total. The van der Waals surface area contributed by atoms with E-state index < -0.39 is 23.9 Å². The Labute approximate surface area is 195 Å². The number of amides is 2. The maximum atomic E-state index is 12.4. The van der Waals surface area contributed by atoms with Crippen LogP contribution in [0.25, 0.3) is 0 Å². The third-order valence-corrected chi connectivity index (χ3v) is 5.71. The molecule has 2 atom stereocenters. The van der Waals surface area contributed by atoms with E-state index in [9.17, 15) is 24.3 Å². The van der Waals surface area contributed by atoms with Crippen molar-refractivity contribution in [1.29, 1.82) is 0 Å². The molecule has 2 amide bonds. The number of aryl methyl sites for hydroxylation is 2. The predicted octanol–water partition coefficient (Wildman–Crippen LogP) is 0.599. The number of aliphatic carboxylic acids is 2. The monoisotopic (exact) mass is 470 g/mol. The molecule has 0 spiro atoms. The Bertz CT molecular complexity index is 1090. The number of carbonyl (C=O) groups excluding carboxylic acids is 2. The number of aromatic nitrogens is 2. The molecular formula is C22H26N6O6. The number of carboxylic acids is 2. The second-order valence-corrected chi connectivity index (χ2v) is 8.00. The Morgan fingerprint density at radius 3 is 2.50 bits per heavy atom. The summed E-state index contributed by atoms with van der Waals surface area (Å²) < 4.78 is 0. The van der Waals surface area contributed by atoms with Gasteiger partial charge in [-0.1, -0.05) is 12.1 Å². The van der Waals surface area contributed by atoms with Crippen molar-refractivity contribution in [1.82, 2.24) is 15.3 Å². The molecule has 1 aromatic heterocycles. The van der Waals surface area contributed by atoms with Gasteiger partial charge in [0.2, 0.25) is 12.4 Å². The third kappa shape index (κ3) is 5.77. The van der Waals surface area contributed by atoms with Gasteiger partial charge < -0.3 is 31.9 Å². The standard InChI is InChI=1S/C22H26N6O6/c23-19-18-15(26-22(24)27-19)8-7-14(28(18)11-29)6-3-12-1-4-13(5-2-12)20(32)25-16(21(33)34)9-10-17(30)31/h1-2,4-5,11,14,16H,3,6-10H2,(H,25,32)(H,30,31)(H,33,34)(H4,23,24,26,27)/t14?,16-/m0/s1. The first-order chi connectivity index (χ1) is 16.2. The number of hydrogen-bond acceptors (Lipinski definition) is 8. The van der Waals surface area contributed by atoms with Crippen LogP contribution in [-0.4, -0.2) is 56.5 Å². The van der Waals surface area contributed by atoms with E-state index in [4.69, 9.17) is 16.6 Å². The van der Waals surface area contributed by atoms with E-state index >= 15 is 0 Å². The summed E-state index contributed by atoms with van der Waals surface area (Å²) in [6.07, 6.45) is 2.71. The molecule has 12 heteroatoms. The van der Waals surface area contributed by atoms with E-state index in [0.717, 1.165) is 12.0 Å². The van der Waals surface area contributed by atoms with Crippen molar-refractivity contribution in [3.8, 4) is 0 Å². The van der Waals surface area contributed by atoms with Crippen LogP contribution in [0.1, 0.15) is 47.3 Å². The number of fused-ring (bicyclic) bond motifs is 1. The Morgan fingerprint density at radius 2 is 1.88 bits per heavy atom. The zero-order chi connectivity index (χ0) is 24.8. The van der Waals surface area contributed by atoms with Crippen LogP contribution in [-0.2, 0) is 27.2 Å². The van der Waals surface area contributed by atoms with Crippen LogP contribution in [0.3, 0.4) is 0 Å². The fourth-order valence-electron chi connectivity index (χ4n) is 3.97. The van der Waals surface area contributed by atoms with E-state index in [0.29, 0.717) is 37.1 Å². The highest BCUT2D eigenvalue weighted by Crippen LogP contribution is 2.34. The lowest BCUT2D eigenvalue weighted by molar-refractivity contribution is -0.140. The summed E-state index contributed by atoms with van der Waals surface area (Å²) in [5, 5.41) is 20.3. The Morgan fingerprint density at radius 1 is 1.18 bits per heavy atom. The van der Waals surface area contributed by atoms with Gasteiger partial charge in [-0.05, 0) is 49.8 Å². The number of rotatable bonds is 10. The van der Waals surface area contributed by atoms with Crippen LogP contribution in [0.2, 0.25) is 0 Å². The fourth-order valence-corrected chi connectivity index (χ4v) is 3.97. The quantitative estimate of drug-likeness (QED) is 0.306. The number of carboxylic acid groups (broad SMARTS) is 2. The van der Waals surface area contributed by atoms with Crippen molar-refractivity contribution in [3.05, 3.63) is 41.1 Å². The predicted molar refractivity (Wildman–Crippen MR) is 122 cm³/mol. The minimum absolute atomic E-state index is 0.0706. The smallest absolute Gasteiger partial charge is 0.326 e. The highest BCUT2D eigenvalue weighted by Gasteiger charge is 2.30. The zero-order valence-electron chi connectivity index (χ0n) is 18.3. The lowest BCUT2D eigenvalue weighted by Crippen LogP contribution is -2.41. The number of carbonyl (C=O) groups is 4. The number of nitrogens with two attached hydrogens (primary N) is 2. The first-order valence-electron chi connectivity index (χ1n) is 10.7. The van der Waals surface area contributed by atoms with Gasteiger partial charge in [0.25, 0.3) is 5.91 Å². The molecule has 1 aromatic carbocycles. The molecule has 0 saturated heterocycles. The van der Waals surface area contributed by atoms with Crippen LogP contribution in [0.5, 0.6) is 0 Å². The summed E-state index contributed by atoms with van der Waals surface area (Å²) in [5.41, 5.74) is 13.9. The highest BCUT2D eigenvalue weighted by atomic mass is 16.4. The molecule has 2 aromatic rings. The van der Waals surface area contributed by atoms with Gasteiger partial charge in [-0.3, -0.25) is 14.4 Å². The van der Waals surface area contributed by atoms with Gasteiger partial charge in [0.1, 0.15) is 11.7 Å². The largest absolute Gasteiger partial charge is 0.481 e. The third-order valence-electron chi connectivity index (χ3n) is 5.71. The van der Waals surface area contributed by atoms with Gasteiger partial charge in [0, 0.05) is 18.0 Å². The number of benzene rings is 1.